The van der Waals surface area contributed by atoms with Gasteiger partial charge in [-0.3, -0.25) is 4.79 Å². The van der Waals surface area contributed by atoms with Crippen molar-refractivity contribution in [3.63, 3.8) is 0 Å². The molecule has 1 unspecified atom stereocenters. The zero-order valence-electron chi connectivity index (χ0n) is 9.64. The summed E-state index contributed by atoms with van der Waals surface area (Å²) >= 11 is 0. The van der Waals surface area contributed by atoms with E-state index in [1.807, 2.05) is 0 Å². The third kappa shape index (κ3) is 2.71. The Balaban J connectivity index is 1.85. The van der Waals surface area contributed by atoms with Gasteiger partial charge in [-0.25, -0.2) is 0 Å². The Hall–Kier alpha value is -0.570. The molecule has 1 saturated carbocycles. The standard InChI is InChI=1S/C12H22N2O/c1-12(7-8-13-9-12)14-11(15)10-5-3-2-4-6-10/h10,13H,2-9H2,1H3,(H,14,15). The lowest BCUT2D eigenvalue weighted by molar-refractivity contribution is -0.127. The first-order valence-corrected chi connectivity index (χ1v) is 6.22. The van der Waals surface area contributed by atoms with Crippen molar-refractivity contribution in [1.29, 1.82) is 0 Å². The summed E-state index contributed by atoms with van der Waals surface area (Å²) in [5.41, 5.74) is 0.00846. The molecule has 1 amide bonds. The molecule has 2 N–H and O–H groups in total. The van der Waals surface area contributed by atoms with Gasteiger partial charge in [-0.1, -0.05) is 19.3 Å². The number of hydrogen-bond acceptors (Lipinski definition) is 2. The van der Waals surface area contributed by atoms with E-state index in [-0.39, 0.29) is 11.5 Å². The lowest BCUT2D eigenvalue weighted by Crippen LogP contribution is -2.49. The van der Waals surface area contributed by atoms with Crippen LogP contribution in [0.15, 0.2) is 0 Å². The topological polar surface area (TPSA) is 41.1 Å². The van der Waals surface area contributed by atoms with E-state index in [4.69, 9.17) is 0 Å². The van der Waals surface area contributed by atoms with Crippen LogP contribution in [-0.4, -0.2) is 24.5 Å². The van der Waals surface area contributed by atoms with Gasteiger partial charge in [-0.05, 0) is 32.7 Å². The van der Waals surface area contributed by atoms with Crippen molar-refractivity contribution in [2.24, 2.45) is 5.92 Å². The summed E-state index contributed by atoms with van der Waals surface area (Å²) < 4.78 is 0. The third-order valence-corrected chi connectivity index (χ3v) is 3.77. The predicted octanol–water partition coefficient (Wildman–Crippen LogP) is 1.43. The van der Waals surface area contributed by atoms with Crippen LogP contribution in [-0.2, 0) is 4.79 Å². The van der Waals surface area contributed by atoms with Crippen LogP contribution in [0.4, 0.5) is 0 Å². The van der Waals surface area contributed by atoms with Crippen LogP contribution in [0.3, 0.4) is 0 Å². The first kappa shape index (κ1) is 10.9. The average molecular weight is 210 g/mol. The number of amides is 1. The normalized spacial score (nSPS) is 32.9. The molecule has 0 spiro atoms. The van der Waals surface area contributed by atoms with Crippen LogP contribution < -0.4 is 10.6 Å². The number of carbonyl (C=O) groups is 1. The highest BCUT2D eigenvalue weighted by atomic mass is 16.2. The quantitative estimate of drug-likeness (QED) is 0.724. The molecule has 3 heteroatoms. The highest BCUT2D eigenvalue weighted by molar-refractivity contribution is 5.79. The molecule has 0 aromatic heterocycles. The van der Waals surface area contributed by atoms with Gasteiger partial charge in [-0.15, -0.1) is 0 Å². The van der Waals surface area contributed by atoms with E-state index in [2.05, 4.69) is 17.6 Å². The Morgan fingerprint density at radius 2 is 2.07 bits per heavy atom. The van der Waals surface area contributed by atoms with Crippen LogP contribution >= 0.6 is 0 Å². The van der Waals surface area contributed by atoms with Crippen molar-refractivity contribution in [1.82, 2.24) is 10.6 Å². The summed E-state index contributed by atoms with van der Waals surface area (Å²) in [4.78, 5) is 12.0. The molecule has 0 radical (unpaired) electrons. The minimum Gasteiger partial charge on any atom is -0.349 e. The van der Waals surface area contributed by atoms with Gasteiger partial charge in [0.15, 0.2) is 0 Å². The molecule has 1 atom stereocenters. The monoisotopic (exact) mass is 210 g/mol. The van der Waals surface area contributed by atoms with Crippen LogP contribution in [0.25, 0.3) is 0 Å². The van der Waals surface area contributed by atoms with Gasteiger partial charge in [0.05, 0.1) is 5.54 Å². The average Bonchev–Trinajstić information content (AvgIpc) is 2.66. The van der Waals surface area contributed by atoms with E-state index in [9.17, 15) is 4.79 Å². The van der Waals surface area contributed by atoms with E-state index in [1.54, 1.807) is 0 Å². The molecule has 0 aromatic carbocycles. The molecule has 1 saturated heterocycles. The molecule has 0 bridgehead atoms. The molecular formula is C12H22N2O. The van der Waals surface area contributed by atoms with Gasteiger partial charge in [0.25, 0.3) is 0 Å². The number of carbonyl (C=O) groups excluding carboxylic acids is 1. The molecule has 1 aliphatic carbocycles. The molecule has 2 aliphatic rings. The maximum Gasteiger partial charge on any atom is 0.223 e. The van der Waals surface area contributed by atoms with E-state index >= 15 is 0 Å². The molecule has 2 rings (SSSR count). The van der Waals surface area contributed by atoms with Crippen LogP contribution in [0, 0.1) is 5.92 Å². The summed E-state index contributed by atoms with van der Waals surface area (Å²) in [6.07, 6.45) is 7.01. The second-order valence-corrected chi connectivity index (χ2v) is 5.31. The number of hydrogen-bond donors (Lipinski definition) is 2. The fourth-order valence-corrected chi connectivity index (χ4v) is 2.69. The largest absolute Gasteiger partial charge is 0.349 e. The maximum absolute atomic E-state index is 12.0. The SMILES string of the molecule is CC1(NC(=O)C2CCCCC2)CCNC1. The highest BCUT2D eigenvalue weighted by Gasteiger charge is 2.32. The van der Waals surface area contributed by atoms with Crippen molar-refractivity contribution < 1.29 is 4.79 Å². The Morgan fingerprint density at radius 3 is 2.67 bits per heavy atom. The summed E-state index contributed by atoms with van der Waals surface area (Å²) in [6.45, 7) is 4.10. The fourth-order valence-electron chi connectivity index (χ4n) is 2.69. The second-order valence-electron chi connectivity index (χ2n) is 5.31. The Bertz CT molecular complexity index is 228. The second kappa shape index (κ2) is 4.52. The summed E-state index contributed by atoms with van der Waals surface area (Å²) in [5.74, 6) is 0.581. The zero-order chi connectivity index (χ0) is 10.7. The number of rotatable bonds is 2. The van der Waals surface area contributed by atoms with E-state index in [1.165, 1.54) is 19.3 Å². The Kier molecular flexibility index (Phi) is 3.29. The van der Waals surface area contributed by atoms with Crippen molar-refractivity contribution in [3.05, 3.63) is 0 Å². The molecule has 1 aliphatic heterocycles. The van der Waals surface area contributed by atoms with Gasteiger partial charge in [-0.2, -0.15) is 0 Å². The molecule has 3 nitrogen and oxygen atoms in total. The van der Waals surface area contributed by atoms with Gasteiger partial charge < -0.3 is 10.6 Å². The maximum atomic E-state index is 12.0. The Morgan fingerprint density at radius 1 is 1.33 bits per heavy atom. The smallest absolute Gasteiger partial charge is 0.223 e. The van der Waals surface area contributed by atoms with E-state index in [0.717, 1.165) is 32.4 Å². The summed E-state index contributed by atoms with van der Waals surface area (Å²) in [5, 5.41) is 6.53. The van der Waals surface area contributed by atoms with Gasteiger partial charge >= 0.3 is 0 Å². The van der Waals surface area contributed by atoms with E-state index in [0.29, 0.717) is 5.91 Å². The van der Waals surface area contributed by atoms with Crippen LogP contribution in [0.2, 0.25) is 0 Å². The van der Waals surface area contributed by atoms with Gasteiger partial charge in [0.2, 0.25) is 5.91 Å². The van der Waals surface area contributed by atoms with Crippen molar-refractivity contribution in [3.8, 4) is 0 Å². The van der Waals surface area contributed by atoms with Crippen LogP contribution in [0.1, 0.15) is 45.4 Å². The lowest BCUT2D eigenvalue weighted by Gasteiger charge is -2.29. The predicted molar refractivity (Wildman–Crippen MR) is 60.6 cm³/mol. The van der Waals surface area contributed by atoms with E-state index < -0.39 is 0 Å². The third-order valence-electron chi connectivity index (χ3n) is 3.77. The minimum atomic E-state index is 0.00846. The molecule has 15 heavy (non-hydrogen) atoms. The van der Waals surface area contributed by atoms with Crippen LogP contribution in [0.5, 0.6) is 0 Å². The molecular weight excluding hydrogens is 188 g/mol. The zero-order valence-corrected chi connectivity index (χ0v) is 9.64. The van der Waals surface area contributed by atoms with Gasteiger partial charge in [0.1, 0.15) is 0 Å². The summed E-state index contributed by atoms with van der Waals surface area (Å²) in [7, 11) is 0. The Labute approximate surface area is 92.0 Å². The van der Waals surface area contributed by atoms with Crippen molar-refractivity contribution >= 4 is 5.91 Å². The molecule has 2 fully saturated rings. The number of nitrogens with one attached hydrogen (secondary N) is 2. The van der Waals surface area contributed by atoms with Crippen molar-refractivity contribution in [2.75, 3.05) is 13.1 Å². The van der Waals surface area contributed by atoms with Gasteiger partial charge in [0, 0.05) is 12.5 Å². The minimum absolute atomic E-state index is 0.00846. The fraction of sp³-hybridized carbons (Fsp3) is 0.917. The first-order chi connectivity index (χ1) is 7.20. The highest BCUT2D eigenvalue weighted by Crippen LogP contribution is 2.25. The summed E-state index contributed by atoms with van der Waals surface area (Å²) in [6, 6.07) is 0. The molecule has 86 valence electrons. The van der Waals surface area contributed by atoms with Crippen molar-refractivity contribution in [2.45, 2.75) is 51.0 Å². The molecule has 0 aromatic rings. The lowest BCUT2D eigenvalue weighted by atomic mass is 9.87. The molecule has 1 heterocycles. The first-order valence-electron chi connectivity index (χ1n) is 6.22.